The standard InChI is InChI=1S/C11H12Cl2N2O2/c1-2-3-15(4-5-16)11(17)8-6-9(12)10(13)14-7-8/h2,6-7,16H,1,3-5H2. The van der Waals surface area contributed by atoms with Gasteiger partial charge in [-0.25, -0.2) is 4.98 Å². The Morgan fingerprint density at radius 1 is 1.59 bits per heavy atom. The third-order valence-corrected chi connectivity index (χ3v) is 2.74. The first kappa shape index (κ1) is 14.0. The van der Waals surface area contributed by atoms with Gasteiger partial charge in [0.1, 0.15) is 5.15 Å². The first-order valence-corrected chi connectivity index (χ1v) is 5.67. The van der Waals surface area contributed by atoms with Gasteiger partial charge in [0.2, 0.25) is 0 Å². The summed E-state index contributed by atoms with van der Waals surface area (Å²) < 4.78 is 0. The van der Waals surface area contributed by atoms with E-state index < -0.39 is 0 Å². The molecule has 0 aliphatic rings. The van der Waals surface area contributed by atoms with E-state index in [1.807, 2.05) is 0 Å². The lowest BCUT2D eigenvalue weighted by atomic mass is 10.2. The fraction of sp³-hybridized carbons (Fsp3) is 0.273. The maximum atomic E-state index is 12.0. The van der Waals surface area contributed by atoms with Crippen LogP contribution in [0.25, 0.3) is 0 Å². The summed E-state index contributed by atoms with van der Waals surface area (Å²) in [6.07, 6.45) is 2.93. The van der Waals surface area contributed by atoms with Crippen LogP contribution in [0.1, 0.15) is 10.4 Å². The number of aliphatic hydroxyl groups excluding tert-OH is 1. The second kappa shape index (κ2) is 6.59. The number of carbonyl (C=O) groups excluding carboxylic acids is 1. The van der Waals surface area contributed by atoms with E-state index in [-0.39, 0.29) is 29.2 Å². The van der Waals surface area contributed by atoms with Crippen molar-refractivity contribution in [2.24, 2.45) is 0 Å². The van der Waals surface area contributed by atoms with E-state index in [1.54, 1.807) is 6.08 Å². The fourth-order valence-corrected chi connectivity index (χ4v) is 1.54. The molecular weight excluding hydrogens is 263 g/mol. The number of nitrogens with zero attached hydrogens (tertiary/aromatic N) is 2. The van der Waals surface area contributed by atoms with Crippen molar-refractivity contribution in [1.29, 1.82) is 0 Å². The molecule has 0 saturated carbocycles. The zero-order chi connectivity index (χ0) is 12.8. The number of carbonyl (C=O) groups is 1. The molecule has 1 rings (SSSR count). The molecule has 6 heteroatoms. The monoisotopic (exact) mass is 274 g/mol. The van der Waals surface area contributed by atoms with Gasteiger partial charge in [-0.2, -0.15) is 0 Å². The number of rotatable bonds is 5. The quantitative estimate of drug-likeness (QED) is 0.660. The second-order valence-electron chi connectivity index (χ2n) is 3.26. The summed E-state index contributed by atoms with van der Waals surface area (Å²) in [6, 6.07) is 1.45. The van der Waals surface area contributed by atoms with Crippen LogP contribution in [0.5, 0.6) is 0 Å². The van der Waals surface area contributed by atoms with E-state index in [2.05, 4.69) is 11.6 Å². The summed E-state index contributed by atoms with van der Waals surface area (Å²) in [6.45, 7) is 4.01. The summed E-state index contributed by atoms with van der Waals surface area (Å²) >= 11 is 11.4. The fourth-order valence-electron chi connectivity index (χ4n) is 1.27. The Bertz CT molecular complexity index is 424. The molecule has 4 nitrogen and oxygen atoms in total. The maximum absolute atomic E-state index is 12.0. The van der Waals surface area contributed by atoms with Crippen molar-refractivity contribution in [3.8, 4) is 0 Å². The van der Waals surface area contributed by atoms with Gasteiger partial charge in [-0.15, -0.1) is 6.58 Å². The molecule has 1 N–H and O–H groups in total. The summed E-state index contributed by atoms with van der Waals surface area (Å²) in [5.41, 5.74) is 0.328. The lowest BCUT2D eigenvalue weighted by Gasteiger charge is -2.19. The van der Waals surface area contributed by atoms with Crippen molar-refractivity contribution in [2.45, 2.75) is 0 Å². The predicted octanol–water partition coefficient (Wildman–Crippen LogP) is 2.01. The van der Waals surface area contributed by atoms with Crippen LogP contribution in [0.4, 0.5) is 0 Å². The van der Waals surface area contributed by atoms with Gasteiger partial charge in [-0.05, 0) is 6.07 Å². The smallest absolute Gasteiger partial charge is 0.255 e. The normalized spacial score (nSPS) is 10.1. The van der Waals surface area contributed by atoms with Crippen molar-refractivity contribution >= 4 is 29.1 Å². The number of hydrogen-bond donors (Lipinski definition) is 1. The van der Waals surface area contributed by atoms with Gasteiger partial charge in [-0.1, -0.05) is 29.3 Å². The number of aliphatic hydroxyl groups is 1. The van der Waals surface area contributed by atoms with Crippen LogP contribution in [0.3, 0.4) is 0 Å². The van der Waals surface area contributed by atoms with Crippen LogP contribution in [0, 0.1) is 0 Å². The molecule has 0 fully saturated rings. The van der Waals surface area contributed by atoms with Gasteiger partial charge in [0, 0.05) is 19.3 Å². The lowest BCUT2D eigenvalue weighted by molar-refractivity contribution is 0.0742. The van der Waals surface area contributed by atoms with E-state index in [9.17, 15) is 4.79 Å². The van der Waals surface area contributed by atoms with Crippen LogP contribution >= 0.6 is 23.2 Å². The molecule has 92 valence electrons. The first-order chi connectivity index (χ1) is 8.10. The molecule has 1 aromatic heterocycles. The molecule has 1 aromatic rings. The molecule has 0 aromatic carbocycles. The van der Waals surface area contributed by atoms with E-state index in [4.69, 9.17) is 28.3 Å². The van der Waals surface area contributed by atoms with E-state index in [1.165, 1.54) is 17.2 Å². The number of aromatic nitrogens is 1. The SMILES string of the molecule is C=CCN(CCO)C(=O)c1cnc(Cl)c(Cl)c1. The van der Waals surface area contributed by atoms with Gasteiger partial charge in [0.15, 0.2) is 0 Å². The molecule has 0 aliphatic carbocycles. The minimum atomic E-state index is -0.273. The van der Waals surface area contributed by atoms with Crippen molar-refractivity contribution in [3.63, 3.8) is 0 Å². The zero-order valence-electron chi connectivity index (χ0n) is 9.07. The Hall–Kier alpha value is -1.10. The Kier molecular flexibility index (Phi) is 5.41. The highest BCUT2D eigenvalue weighted by atomic mass is 35.5. The average molecular weight is 275 g/mol. The van der Waals surface area contributed by atoms with Gasteiger partial charge < -0.3 is 10.0 Å². The van der Waals surface area contributed by atoms with Crippen LogP contribution < -0.4 is 0 Å². The third-order valence-electron chi connectivity index (χ3n) is 2.05. The van der Waals surface area contributed by atoms with Crippen LogP contribution in [0.15, 0.2) is 24.9 Å². The molecular formula is C11H12Cl2N2O2. The minimum absolute atomic E-state index is 0.117. The molecule has 1 amide bonds. The summed E-state index contributed by atoms with van der Waals surface area (Å²) in [7, 11) is 0. The van der Waals surface area contributed by atoms with Gasteiger partial charge in [0.05, 0.1) is 17.2 Å². The Balaban J connectivity index is 2.92. The van der Waals surface area contributed by atoms with Crippen LogP contribution in [0.2, 0.25) is 10.2 Å². The van der Waals surface area contributed by atoms with E-state index in [0.29, 0.717) is 12.1 Å². The second-order valence-corrected chi connectivity index (χ2v) is 4.03. The molecule has 0 spiro atoms. The highest BCUT2D eigenvalue weighted by Crippen LogP contribution is 2.20. The van der Waals surface area contributed by atoms with E-state index >= 15 is 0 Å². The topological polar surface area (TPSA) is 53.4 Å². The highest BCUT2D eigenvalue weighted by molar-refractivity contribution is 6.41. The lowest BCUT2D eigenvalue weighted by Crippen LogP contribution is -2.33. The zero-order valence-corrected chi connectivity index (χ0v) is 10.6. The number of halogens is 2. The molecule has 0 aliphatic heterocycles. The van der Waals surface area contributed by atoms with E-state index in [0.717, 1.165) is 0 Å². The molecule has 17 heavy (non-hydrogen) atoms. The Morgan fingerprint density at radius 2 is 2.29 bits per heavy atom. The summed E-state index contributed by atoms with van der Waals surface area (Å²) in [5.74, 6) is -0.273. The summed E-state index contributed by atoms with van der Waals surface area (Å²) in [4.78, 5) is 17.3. The number of pyridine rings is 1. The van der Waals surface area contributed by atoms with Crippen molar-refractivity contribution in [2.75, 3.05) is 19.7 Å². The minimum Gasteiger partial charge on any atom is -0.395 e. The van der Waals surface area contributed by atoms with Gasteiger partial charge >= 0.3 is 0 Å². The molecule has 0 saturated heterocycles. The van der Waals surface area contributed by atoms with Crippen molar-refractivity contribution < 1.29 is 9.90 Å². The van der Waals surface area contributed by atoms with Crippen LogP contribution in [-0.2, 0) is 0 Å². The van der Waals surface area contributed by atoms with Crippen LogP contribution in [-0.4, -0.2) is 40.6 Å². The predicted molar refractivity (Wildman–Crippen MR) is 67.4 cm³/mol. The molecule has 0 radical (unpaired) electrons. The molecule has 1 heterocycles. The first-order valence-electron chi connectivity index (χ1n) is 4.92. The summed E-state index contributed by atoms with van der Waals surface area (Å²) in [5, 5.41) is 9.24. The maximum Gasteiger partial charge on any atom is 0.255 e. The van der Waals surface area contributed by atoms with Gasteiger partial charge in [-0.3, -0.25) is 4.79 Å². The molecule has 0 unspecified atom stereocenters. The Labute approximate surface area is 109 Å². The molecule has 0 atom stereocenters. The number of hydrogen-bond acceptors (Lipinski definition) is 3. The number of amides is 1. The largest absolute Gasteiger partial charge is 0.395 e. The highest BCUT2D eigenvalue weighted by Gasteiger charge is 2.15. The van der Waals surface area contributed by atoms with Crippen molar-refractivity contribution in [3.05, 3.63) is 40.7 Å². The molecule has 0 bridgehead atoms. The Morgan fingerprint density at radius 3 is 2.82 bits per heavy atom. The average Bonchev–Trinajstić information content (AvgIpc) is 2.31. The van der Waals surface area contributed by atoms with Gasteiger partial charge in [0.25, 0.3) is 5.91 Å². The van der Waals surface area contributed by atoms with Crippen molar-refractivity contribution in [1.82, 2.24) is 9.88 Å². The third kappa shape index (κ3) is 3.70.